The van der Waals surface area contributed by atoms with Crippen molar-refractivity contribution in [3.05, 3.63) is 35.6 Å². The third kappa shape index (κ3) is 9.06. The molecule has 0 saturated carbocycles. The Balaban J connectivity index is 0.00000420. The number of aliphatic imine (C=N–C) groups is 1. The molecular formula is C20H31F4IN4. The van der Waals surface area contributed by atoms with Crippen molar-refractivity contribution in [1.29, 1.82) is 0 Å². The molecule has 1 aliphatic rings. The first-order chi connectivity index (χ1) is 13.1. The largest absolute Gasteiger partial charge is 0.401 e. The Morgan fingerprint density at radius 2 is 1.97 bits per heavy atom. The summed E-state index contributed by atoms with van der Waals surface area (Å²) < 4.78 is 51.1. The predicted octanol–water partition coefficient (Wildman–Crippen LogP) is 4.16. The molecule has 1 fully saturated rings. The summed E-state index contributed by atoms with van der Waals surface area (Å²) in [5.41, 5.74) is 0.520. The Hall–Kier alpha value is -1.10. The van der Waals surface area contributed by atoms with E-state index in [0.29, 0.717) is 38.7 Å². The molecule has 0 aromatic heterocycles. The van der Waals surface area contributed by atoms with E-state index in [1.54, 1.807) is 6.07 Å². The molecule has 4 nitrogen and oxygen atoms in total. The summed E-state index contributed by atoms with van der Waals surface area (Å²) in [7, 11) is 0. The topological polar surface area (TPSA) is 39.7 Å². The van der Waals surface area contributed by atoms with Crippen molar-refractivity contribution >= 4 is 29.9 Å². The number of hydrogen-bond donors (Lipinski definition) is 2. The summed E-state index contributed by atoms with van der Waals surface area (Å²) in [6, 6.07) is 6.50. The van der Waals surface area contributed by atoms with Crippen LogP contribution >= 0.6 is 24.0 Å². The lowest BCUT2D eigenvalue weighted by atomic mass is 9.85. The molecule has 1 unspecified atom stereocenters. The van der Waals surface area contributed by atoms with Gasteiger partial charge < -0.3 is 10.6 Å². The smallest absolute Gasteiger partial charge is 0.357 e. The molecule has 1 heterocycles. The highest BCUT2D eigenvalue weighted by Crippen LogP contribution is 2.24. The number of likely N-dealkylation sites (tertiary alicyclic amines) is 1. The monoisotopic (exact) mass is 530 g/mol. The summed E-state index contributed by atoms with van der Waals surface area (Å²) in [6.07, 6.45) is -3.42. The molecule has 2 rings (SSSR count). The molecule has 0 bridgehead atoms. The van der Waals surface area contributed by atoms with Gasteiger partial charge in [0, 0.05) is 25.0 Å². The van der Waals surface area contributed by atoms with Gasteiger partial charge in [-0.25, -0.2) is 4.39 Å². The summed E-state index contributed by atoms with van der Waals surface area (Å²) in [6.45, 7) is 7.71. The van der Waals surface area contributed by atoms with Crippen LogP contribution in [0.25, 0.3) is 0 Å². The third-order valence-electron chi connectivity index (χ3n) is 4.91. The van der Waals surface area contributed by atoms with Crippen molar-refractivity contribution in [2.75, 3.05) is 39.3 Å². The molecule has 1 aliphatic heterocycles. The number of alkyl halides is 3. The first-order valence-electron chi connectivity index (χ1n) is 9.66. The number of halogens is 5. The van der Waals surface area contributed by atoms with Crippen LogP contribution in [0.3, 0.4) is 0 Å². The Kier molecular flexibility index (Phi) is 10.1. The van der Waals surface area contributed by atoms with E-state index in [0.717, 1.165) is 12.0 Å². The SMILES string of the molecule is CCNC(=NCC(C)(C)c1cccc(F)c1)NCC1CCN(CC(F)(F)F)C1.I. The van der Waals surface area contributed by atoms with E-state index in [-0.39, 0.29) is 41.1 Å². The second-order valence-electron chi connectivity index (χ2n) is 7.98. The second kappa shape index (κ2) is 11.3. The first kappa shape index (κ1) is 25.9. The van der Waals surface area contributed by atoms with Gasteiger partial charge in [-0.3, -0.25) is 9.89 Å². The van der Waals surface area contributed by atoms with Crippen LogP contribution in [0, 0.1) is 11.7 Å². The Morgan fingerprint density at radius 3 is 2.59 bits per heavy atom. The van der Waals surface area contributed by atoms with Gasteiger partial charge in [-0.1, -0.05) is 26.0 Å². The molecule has 1 saturated heterocycles. The van der Waals surface area contributed by atoms with Crippen molar-refractivity contribution in [2.24, 2.45) is 10.9 Å². The number of nitrogens with one attached hydrogen (secondary N) is 2. The summed E-state index contributed by atoms with van der Waals surface area (Å²) >= 11 is 0. The van der Waals surface area contributed by atoms with Crippen LogP contribution in [0.4, 0.5) is 17.6 Å². The van der Waals surface area contributed by atoms with Crippen molar-refractivity contribution in [3.63, 3.8) is 0 Å². The molecule has 1 aromatic carbocycles. The summed E-state index contributed by atoms with van der Waals surface area (Å²) in [4.78, 5) is 6.06. The van der Waals surface area contributed by atoms with E-state index in [4.69, 9.17) is 0 Å². The molecule has 0 spiro atoms. The minimum Gasteiger partial charge on any atom is -0.357 e. The zero-order chi connectivity index (χ0) is 20.8. The van der Waals surface area contributed by atoms with Crippen LogP contribution in [-0.2, 0) is 5.41 Å². The van der Waals surface area contributed by atoms with Gasteiger partial charge in [0.25, 0.3) is 0 Å². The van der Waals surface area contributed by atoms with E-state index in [2.05, 4.69) is 15.6 Å². The van der Waals surface area contributed by atoms with Gasteiger partial charge in [-0.15, -0.1) is 24.0 Å². The van der Waals surface area contributed by atoms with E-state index in [1.165, 1.54) is 17.0 Å². The molecule has 1 aromatic rings. The summed E-state index contributed by atoms with van der Waals surface area (Å²) in [5, 5.41) is 6.40. The Bertz CT molecular complexity index is 664. The fourth-order valence-electron chi connectivity index (χ4n) is 3.34. The molecule has 0 amide bonds. The molecule has 2 N–H and O–H groups in total. The number of nitrogens with zero attached hydrogens (tertiary/aromatic N) is 2. The fraction of sp³-hybridized carbons (Fsp3) is 0.650. The lowest BCUT2D eigenvalue weighted by Gasteiger charge is -2.24. The summed E-state index contributed by atoms with van der Waals surface area (Å²) in [5.74, 6) is 0.507. The molecule has 9 heteroatoms. The fourth-order valence-corrected chi connectivity index (χ4v) is 3.34. The van der Waals surface area contributed by atoms with Crippen LogP contribution in [-0.4, -0.2) is 56.3 Å². The maximum absolute atomic E-state index is 13.5. The second-order valence-corrected chi connectivity index (χ2v) is 7.98. The minimum absolute atomic E-state index is 0. The van der Waals surface area contributed by atoms with Gasteiger partial charge in [-0.2, -0.15) is 13.2 Å². The van der Waals surface area contributed by atoms with Gasteiger partial charge in [0.05, 0.1) is 13.1 Å². The number of rotatable bonds is 7. The highest BCUT2D eigenvalue weighted by molar-refractivity contribution is 14.0. The molecule has 0 radical (unpaired) electrons. The average Bonchev–Trinajstić information content (AvgIpc) is 3.03. The average molecular weight is 530 g/mol. The van der Waals surface area contributed by atoms with Crippen LogP contribution in [0.15, 0.2) is 29.3 Å². The molecule has 1 atom stereocenters. The molecule has 166 valence electrons. The van der Waals surface area contributed by atoms with E-state index >= 15 is 0 Å². The zero-order valence-electron chi connectivity index (χ0n) is 17.2. The van der Waals surface area contributed by atoms with Crippen molar-refractivity contribution in [1.82, 2.24) is 15.5 Å². The van der Waals surface area contributed by atoms with Crippen molar-refractivity contribution in [2.45, 2.75) is 38.8 Å². The Labute approximate surface area is 187 Å². The molecule has 0 aliphatic carbocycles. The first-order valence-corrected chi connectivity index (χ1v) is 9.66. The van der Waals surface area contributed by atoms with Gasteiger partial charge in [-0.05, 0) is 43.5 Å². The van der Waals surface area contributed by atoms with Gasteiger partial charge >= 0.3 is 6.18 Å². The normalized spacial score (nSPS) is 18.4. The molecular weight excluding hydrogens is 499 g/mol. The number of benzene rings is 1. The van der Waals surface area contributed by atoms with E-state index in [1.807, 2.05) is 26.8 Å². The van der Waals surface area contributed by atoms with Crippen LogP contribution < -0.4 is 10.6 Å². The van der Waals surface area contributed by atoms with Crippen LogP contribution in [0.2, 0.25) is 0 Å². The van der Waals surface area contributed by atoms with Crippen LogP contribution in [0.5, 0.6) is 0 Å². The van der Waals surface area contributed by atoms with Crippen molar-refractivity contribution in [3.8, 4) is 0 Å². The van der Waals surface area contributed by atoms with Crippen molar-refractivity contribution < 1.29 is 17.6 Å². The van der Waals surface area contributed by atoms with Gasteiger partial charge in [0.2, 0.25) is 0 Å². The highest BCUT2D eigenvalue weighted by Gasteiger charge is 2.34. The lowest BCUT2D eigenvalue weighted by molar-refractivity contribution is -0.143. The highest BCUT2D eigenvalue weighted by atomic mass is 127. The molecule has 29 heavy (non-hydrogen) atoms. The Morgan fingerprint density at radius 1 is 1.24 bits per heavy atom. The van der Waals surface area contributed by atoms with Crippen LogP contribution in [0.1, 0.15) is 32.8 Å². The third-order valence-corrected chi connectivity index (χ3v) is 4.91. The maximum atomic E-state index is 13.5. The minimum atomic E-state index is -4.15. The maximum Gasteiger partial charge on any atom is 0.401 e. The van der Waals surface area contributed by atoms with E-state index in [9.17, 15) is 17.6 Å². The van der Waals surface area contributed by atoms with Gasteiger partial charge in [0.1, 0.15) is 5.82 Å². The number of guanidine groups is 1. The predicted molar refractivity (Wildman–Crippen MR) is 119 cm³/mol. The van der Waals surface area contributed by atoms with Gasteiger partial charge in [0.15, 0.2) is 5.96 Å². The van der Waals surface area contributed by atoms with E-state index < -0.39 is 12.7 Å². The quantitative estimate of drug-likeness (QED) is 0.241. The zero-order valence-corrected chi connectivity index (χ0v) is 19.5. The standard InChI is InChI=1S/C20H30F4N4.HI/c1-4-25-18(26-11-15-8-9-28(12-15)14-20(22,23)24)27-13-19(2,3)16-6-5-7-17(21)10-16;/h5-7,10,15H,4,8-9,11-14H2,1-3H3,(H2,25,26,27);1H. The lowest BCUT2D eigenvalue weighted by Crippen LogP contribution is -2.41. The number of hydrogen-bond acceptors (Lipinski definition) is 2.